The Morgan fingerprint density at radius 3 is 2.94 bits per heavy atom. The van der Waals surface area contributed by atoms with Crippen molar-refractivity contribution in [2.45, 2.75) is 6.54 Å². The van der Waals surface area contributed by atoms with E-state index in [-0.39, 0.29) is 24.6 Å². The number of hydrogen-bond donors (Lipinski definition) is 2. The van der Waals surface area contributed by atoms with E-state index < -0.39 is 12.1 Å². The number of aromatic carboxylic acids is 1. The second-order valence-electron chi connectivity index (χ2n) is 3.02. The number of pyridine rings is 1. The maximum Gasteiger partial charge on any atom is 0.407 e. The molecular formula is C10H11ClN2O4. The number of hydrogen-bond acceptors (Lipinski definition) is 4. The van der Waals surface area contributed by atoms with Crippen LogP contribution in [0.2, 0.25) is 0 Å². The van der Waals surface area contributed by atoms with Gasteiger partial charge in [0.25, 0.3) is 0 Å². The number of nitrogens with one attached hydrogen (secondary N) is 1. The Kier molecular flexibility index (Phi) is 5.22. The van der Waals surface area contributed by atoms with E-state index in [0.29, 0.717) is 5.69 Å². The number of carboxylic acids is 1. The van der Waals surface area contributed by atoms with Crippen molar-refractivity contribution in [3.63, 3.8) is 0 Å². The Hall–Kier alpha value is -1.82. The lowest BCUT2D eigenvalue weighted by Gasteiger charge is -2.05. The molecule has 6 nitrogen and oxygen atoms in total. The van der Waals surface area contributed by atoms with Gasteiger partial charge in [0.15, 0.2) is 0 Å². The van der Waals surface area contributed by atoms with E-state index in [1.54, 1.807) is 0 Å². The van der Waals surface area contributed by atoms with Crippen molar-refractivity contribution in [2.75, 3.05) is 12.5 Å². The molecular weight excluding hydrogens is 248 g/mol. The molecule has 17 heavy (non-hydrogen) atoms. The molecule has 0 aliphatic heterocycles. The molecule has 0 aliphatic rings. The van der Waals surface area contributed by atoms with E-state index in [4.69, 9.17) is 16.7 Å². The zero-order valence-corrected chi connectivity index (χ0v) is 9.61. The molecule has 0 unspecified atom stereocenters. The van der Waals surface area contributed by atoms with Crippen molar-refractivity contribution in [1.29, 1.82) is 0 Å². The third kappa shape index (κ3) is 4.69. The van der Waals surface area contributed by atoms with Gasteiger partial charge in [0.05, 0.1) is 23.7 Å². The standard InChI is InChI=1S/C10H11ClN2O4/c11-2-4-17-10(16)13-6-8-5-7(9(14)15)1-3-12-8/h1,3,5H,2,4,6H2,(H,13,16)(H,14,15). The monoisotopic (exact) mass is 258 g/mol. The lowest BCUT2D eigenvalue weighted by atomic mass is 10.2. The Labute approximate surface area is 103 Å². The van der Waals surface area contributed by atoms with Crippen LogP contribution in [0.4, 0.5) is 4.79 Å². The van der Waals surface area contributed by atoms with Gasteiger partial charge in [-0.05, 0) is 12.1 Å². The highest BCUT2D eigenvalue weighted by Crippen LogP contribution is 2.01. The molecule has 1 aromatic rings. The molecule has 0 saturated heterocycles. The van der Waals surface area contributed by atoms with E-state index in [9.17, 15) is 9.59 Å². The number of alkyl carbamates (subject to hydrolysis) is 1. The summed E-state index contributed by atoms with van der Waals surface area (Å²) in [5.41, 5.74) is 0.554. The summed E-state index contributed by atoms with van der Waals surface area (Å²) >= 11 is 5.34. The third-order valence-corrected chi connectivity index (χ3v) is 1.94. The summed E-state index contributed by atoms with van der Waals surface area (Å²) < 4.78 is 4.66. The van der Waals surface area contributed by atoms with Crippen molar-refractivity contribution in [1.82, 2.24) is 10.3 Å². The molecule has 0 aliphatic carbocycles. The van der Waals surface area contributed by atoms with Gasteiger partial charge in [-0.25, -0.2) is 9.59 Å². The molecule has 7 heteroatoms. The number of aromatic nitrogens is 1. The Bertz CT molecular complexity index is 411. The van der Waals surface area contributed by atoms with Crippen molar-refractivity contribution < 1.29 is 19.4 Å². The Morgan fingerprint density at radius 1 is 1.53 bits per heavy atom. The van der Waals surface area contributed by atoms with Crippen molar-refractivity contribution in [2.24, 2.45) is 0 Å². The number of amides is 1. The average molecular weight is 259 g/mol. The number of rotatable bonds is 5. The van der Waals surface area contributed by atoms with Crippen LogP contribution in [0.1, 0.15) is 16.1 Å². The van der Waals surface area contributed by atoms with Gasteiger partial charge >= 0.3 is 12.1 Å². The fraction of sp³-hybridized carbons (Fsp3) is 0.300. The minimum absolute atomic E-state index is 0.0994. The van der Waals surface area contributed by atoms with Gasteiger partial charge in [0.2, 0.25) is 0 Å². The molecule has 0 bridgehead atoms. The first-order valence-electron chi connectivity index (χ1n) is 4.78. The molecule has 1 aromatic heterocycles. The fourth-order valence-corrected chi connectivity index (χ4v) is 1.13. The highest BCUT2D eigenvalue weighted by atomic mass is 35.5. The molecule has 1 rings (SSSR count). The minimum atomic E-state index is -1.04. The normalized spacial score (nSPS) is 9.71. The number of alkyl halides is 1. The van der Waals surface area contributed by atoms with Crippen molar-refractivity contribution >= 4 is 23.7 Å². The van der Waals surface area contributed by atoms with Crippen molar-refractivity contribution in [3.8, 4) is 0 Å². The Balaban J connectivity index is 2.49. The van der Waals surface area contributed by atoms with Crippen LogP contribution in [0, 0.1) is 0 Å². The molecule has 0 radical (unpaired) electrons. The number of carboxylic acid groups (broad SMARTS) is 1. The van der Waals surface area contributed by atoms with Gasteiger partial charge < -0.3 is 15.2 Å². The van der Waals surface area contributed by atoms with Gasteiger partial charge in [0.1, 0.15) is 6.61 Å². The number of carbonyl (C=O) groups excluding carboxylic acids is 1. The van der Waals surface area contributed by atoms with Crippen LogP contribution in [0.15, 0.2) is 18.3 Å². The van der Waals surface area contributed by atoms with Gasteiger partial charge in [-0.1, -0.05) is 0 Å². The highest BCUT2D eigenvalue weighted by Gasteiger charge is 2.06. The molecule has 0 atom stereocenters. The summed E-state index contributed by atoms with van der Waals surface area (Å²) in [4.78, 5) is 25.7. The van der Waals surface area contributed by atoms with Gasteiger partial charge in [-0.3, -0.25) is 4.98 Å². The van der Waals surface area contributed by atoms with E-state index >= 15 is 0 Å². The zero-order valence-electron chi connectivity index (χ0n) is 8.85. The van der Waals surface area contributed by atoms with Gasteiger partial charge in [-0.15, -0.1) is 11.6 Å². The molecule has 0 saturated carbocycles. The predicted octanol–water partition coefficient (Wildman–Crippen LogP) is 1.24. The Morgan fingerprint density at radius 2 is 2.29 bits per heavy atom. The van der Waals surface area contributed by atoms with Gasteiger partial charge in [-0.2, -0.15) is 0 Å². The minimum Gasteiger partial charge on any atom is -0.478 e. The summed E-state index contributed by atoms with van der Waals surface area (Å²) in [5, 5.41) is 11.2. The van der Waals surface area contributed by atoms with Crippen LogP contribution in [0.3, 0.4) is 0 Å². The molecule has 0 aromatic carbocycles. The smallest absolute Gasteiger partial charge is 0.407 e. The molecule has 0 spiro atoms. The summed E-state index contributed by atoms with van der Waals surface area (Å²) in [5.74, 6) is -0.821. The summed E-state index contributed by atoms with van der Waals surface area (Å²) in [6.45, 7) is 0.220. The second kappa shape index (κ2) is 6.70. The molecule has 1 amide bonds. The summed E-state index contributed by atoms with van der Waals surface area (Å²) in [7, 11) is 0. The number of carbonyl (C=O) groups is 2. The third-order valence-electron chi connectivity index (χ3n) is 1.79. The summed E-state index contributed by atoms with van der Waals surface area (Å²) in [6, 6.07) is 2.75. The van der Waals surface area contributed by atoms with Gasteiger partial charge in [0, 0.05) is 6.20 Å². The fourth-order valence-electron chi connectivity index (χ4n) is 1.05. The van der Waals surface area contributed by atoms with E-state index in [1.807, 2.05) is 0 Å². The lowest BCUT2D eigenvalue weighted by Crippen LogP contribution is -2.25. The quantitative estimate of drug-likeness (QED) is 0.776. The second-order valence-corrected chi connectivity index (χ2v) is 3.40. The molecule has 92 valence electrons. The van der Waals surface area contributed by atoms with Crippen LogP contribution in [0.5, 0.6) is 0 Å². The topological polar surface area (TPSA) is 88.5 Å². The van der Waals surface area contributed by atoms with Crippen LogP contribution < -0.4 is 5.32 Å². The molecule has 1 heterocycles. The van der Waals surface area contributed by atoms with Crippen LogP contribution in [-0.2, 0) is 11.3 Å². The van der Waals surface area contributed by atoms with Crippen LogP contribution in [0.25, 0.3) is 0 Å². The van der Waals surface area contributed by atoms with Crippen LogP contribution in [-0.4, -0.2) is 34.6 Å². The predicted molar refractivity (Wildman–Crippen MR) is 60.1 cm³/mol. The SMILES string of the molecule is O=C(NCc1cc(C(=O)O)ccn1)OCCCl. The first-order chi connectivity index (χ1) is 8.13. The van der Waals surface area contributed by atoms with E-state index in [1.165, 1.54) is 18.3 Å². The maximum absolute atomic E-state index is 11.1. The highest BCUT2D eigenvalue weighted by molar-refractivity contribution is 6.18. The number of ether oxygens (including phenoxy) is 1. The first-order valence-corrected chi connectivity index (χ1v) is 5.31. The lowest BCUT2D eigenvalue weighted by molar-refractivity contribution is 0.0696. The maximum atomic E-state index is 11.1. The molecule has 2 N–H and O–H groups in total. The van der Waals surface area contributed by atoms with E-state index in [2.05, 4.69) is 15.0 Å². The number of halogens is 1. The zero-order chi connectivity index (χ0) is 12.7. The summed E-state index contributed by atoms with van der Waals surface area (Å²) in [6.07, 6.45) is 0.748. The first kappa shape index (κ1) is 13.2. The largest absolute Gasteiger partial charge is 0.478 e. The van der Waals surface area contributed by atoms with Crippen molar-refractivity contribution in [3.05, 3.63) is 29.6 Å². The van der Waals surface area contributed by atoms with Crippen LogP contribution >= 0.6 is 11.6 Å². The number of nitrogens with zero attached hydrogens (tertiary/aromatic N) is 1. The average Bonchev–Trinajstić information content (AvgIpc) is 2.34. The molecule has 0 fully saturated rings. The van der Waals surface area contributed by atoms with E-state index in [0.717, 1.165) is 0 Å².